The first-order valence-electron chi connectivity index (χ1n) is 5.01. The van der Waals surface area contributed by atoms with Crippen LogP contribution >= 0.6 is 27.5 Å². The van der Waals surface area contributed by atoms with Crippen LogP contribution in [0.5, 0.6) is 0 Å². The van der Waals surface area contributed by atoms with Gasteiger partial charge in [0.1, 0.15) is 0 Å². The molecule has 96 valence electrons. The van der Waals surface area contributed by atoms with Crippen LogP contribution in [0.25, 0.3) is 0 Å². The van der Waals surface area contributed by atoms with E-state index < -0.39 is 5.82 Å². The molecule has 1 atom stereocenters. The van der Waals surface area contributed by atoms with Crippen molar-refractivity contribution in [3.63, 3.8) is 0 Å². The van der Waals surface area contributed by atoms with Crippen LogP contribution in [0.3, 0.4) is 0 Å². The minimum absolute atomic E-state index is 0. The molecule has 1 heterocycles. The first-order valence-corrected chi connectivity index (χ1v) is 6.18. The summed E-state index contributed by atoms with van der Waals surface area (Å²) >= 11 is 9.03. The summed E-state index contributed by atoms with van der Waals surface area (Å²) in [4.78, 5) is 7.54. The summed E-state index contributed by atoms with van der Waals surface area (Å²) in [5.41, 5.74) is 1.29. The number of hydrogen-bond acceptors (Lipinski definition) is 3. The first-order chi connectivity index (χ1) is 8.08. The van der Waals surface area contributed by atoms with Gasteiger partial charge in [-0.2, -0.15) is 0 Å². The fourth-order valence-corrected chi connectivity index (χ4v) is 1.97. The number of aromatic nitrogens is 2. The van der Waals surface area contributed by atoms with Crippen LogP contribution in [-0.2, 0) is 0 Å². The van der Waals surface area contributed by atoms with E-state index in [1.54, 1.807) is 0 Å². The Morgan fingerprint density at radius 3 is 2.50 bits per heavy atom. The van der Waals surface area contributed by atoms with Crippen molar-refractivity contribution in [2.45, 2.75) is 12.8 Å². The molecule has 0 saturated heterocycles. The molecule has 0 spiro atoms. The van der Waals surface area contributed by atoms with Gasteiger partial charge in [0.15, 0.2) is 5.82 Å². The molecule has 2 rings (SSSR count). The summed E-state index contributed by atoms with van der Waals surface area (Å²) in [6.45, 7) is 1.88. The fraction of sp³-hybridized carbons (Fsp3) is 0.167. The van der Waals surface area contributed by atoms with E-state index in [9.17, 15) is 4.39 Å². The average molecular weight is 333 g/mol. The lowest BCUT2D eigenvalue weighted by atomic mass is 9.97. The van der Waals surface area contributed by atoms with Gasteiger partial charge in [0.05, 0.1) is 11.9 Å². The lowest BCUT2D eigenvalue weighted by Crippen LogP contribution is -2.04. The van der Waals surface area contributed by atoms with E-state index in [2.05, 4.69) is 25.9 Å². The van der Waals surface area contributed by atoms with Crippen molar-refractivity contribution < 1.29 is 4.39 Å². The summed E-state index contributed by atoms with van der Waals surface area (Å²) in [6.07, 6.45) is 1.10. The van der Waals surface area contributed by atoms with Gasteiger partial charge in [-0.25, -0.2) is 14.4 Å². The predicted molar refractivity (Wildman–Crippen MR) is 73.7 cm³/mol. The van der Waals surface area contributed by atoms with E-state index in [0.29, 0.717) is 5.69 Å². The van der Waals surface area contributed by atoms with Gasteiger partial charge in [0.2, 0.25) is 5.28 Å². The molecule has 18 heavy (non-hydrogen) atoms. The molecule has 2 aromatic rings. The summed E-state index contributed by atoms with van der Waals surface area (Å²) < 4.78 is 14.6. The molecule has 0 aliphatic heterocycles. The molecule has 0 saturated carbocycles. The van der Waals surface area contributed by atoms with Crippen LogP contribution in [-0.4, -0.2) is 9.97 Å². The Labute approximate surface area is 118 Å². The second-order valence-corrected chi connectivity index (χ2v) is 4.90. The number of hydrogen-bond donors (Lipinski definition) is 1. The maximum absolute atomic E-state index is 13.6. The summed E-state index contributed by atoms with van der Waals surface area (Å²) in [7, 11) is 0. The second kappa shape index (κ2) is 6.22. The Morgan fingerprint density at radius 2 is 1.89 bits per heavy atom. The van der Waals surface area contributed by atoms with Crippen LogP contribution in [0.1, 0.15) is 24.1 Å². The van der Waals surface area contributed by atoms with Crippen molar-refractivity contribution in [1.29, 1.82) is 0 Å². The highest BCUT2D eigenvalue weighted by Crippen LogP contribution is 2.26. The SMILES string of the molecule is CC(c1ccc(Br)cc1)c1nc(Cl)ncc1F.N. The zero-order valence-corrected chi connectivity index (χ0v) is 12.0. The van der Waals surface area contributed by atoms with Crippen molar-refractivity contribution in [3.05, 3.63) is 57.3 Å². The smallest absolute Gasteiger partial charge is 0.222 e. The van der Waals surface area contributed by atoms with E-state index in [0.717, 1.165) is 16.2 Å². The molecule has 0 amide bonds. The van der Waals surface area contributed by atoms with E-state index in [1.165, 1.54) is 0 Å². The number of benzene rings is 1. The zero-order chi connectivity index (χ0) is 12.4. The van der Waals surface area contributed by atoms with Crippen molar-refractivity contribution in [2.75, 3.05) is 0 Å². The lowest BCUT2D eigenvalue weighted by Gasteiger charge is -2.12. The summed E-state index contributed by atoms with van der Waals surface area (Å²) in [6, 6.07) is 7.66. The number of nitrogens with zero attached hydrogens (tertiary/aromatic N) is 2. The Hall–Kier alpha value is -1.04. The summed E-state index contributed by atoms with van der Waals surface area (Å²) in [5.74, 6) is -0.603. The van der Waals surface area contributed by atoms with Gasteiger partial charge >= 0.3 is 0 Å². The van der Waals surface area contributed by atoms with Gasteiger partial charge in [-0.15, -0.1) is 0 Å². The van der Waals surface area contributed by atoms with Crippen LogP contribution in [0.15, 0.2) is 34.9 Å². The van der Waals surface area contributed by atoms with Gasteiger partial charge in [-0.3, -0.25) is 0 Å². The maximum atomic E-state index is 13.6. The highest BCUT2D eigenvalue weighted by Gasteiger charge is 2.15. The summed E-state index contributed by atoms with van der Waals surface area (Å²) in [5, 5.41) is 0.0605. The molecule has 3 nitrogen and oxygen atoms in total. The van der Waals surface area contributed by atoms with Gasteiger partial charge in [0, 0.05) is 10.4 Å². The van der Waals surface area contributed by atoms with E-state index >= 15 is 0 Å². The molecule has 0 fully saturated rings. The van der Waals surface area contributed by atoms with Crippen LogP contribution in [0.4, 0.5) is 4.39 Å². The molecule has 3 N–H and O–H groups in total. The quantitative estimate of drug-likeness (QED) is 0.832. The van der Waals surface area contributed by atoms with Crippen LogP contribution in [0.2, 0.25) is 5.28 Å². The highest BCUT2D eigenvalue weighted by atomic mass is 79.9. The van der Waals surface area contributed by atoms with Crippen LogP contribution in [0, 0.1) is 5.82 Å². The molecule has 6 heteroatoms. The molecular weight excluding hydrogens is 321 g/mol. The Morgan fingerprint density at radius 1 is 1.28 bits per heavy atom. The van der Waals surface area contributed by atoms with Gasteiger partial charge in [-0.1, -0.05) is 35.0 Å². The average Bonchev–Trinajstić information content (AvgIpc) is 2.32. The van der Waals surface area contributed by atoms with E-state index in [-0.39, 0.29) is 17.4 Å². The largest absolute Gasteiger partial charge is 0.344 e. The fourth-order valence-electron chi connectivity index (χ4n) is 1.57. The topological polar surface area (TPSA) is 60.8 Å². The van der Waals surface area contributed by atoms with Gasteiger partial charge in [0.25, 0.3) is 0 Å². The van der Waals surface area contributed by atoms with Crippen molar-refractivity contribution in [1.82, 2.24) is 16.1 Å². The molecule has 1 unspecified atom stereocenters. The molecule has 0 radical (unpaired) electrons. The molecule has 1 aromatic heterocycles. The third-order valence-corrected chi connectivity index (χ3v) is 3.23. The molecule has 0 aliphatic carbocycles. The van der Waals surface area contributed by atoms with Gasteiger partial charge in [-0.05, 0) is 29.3 Å². The standard InChI is InChI=1S/C12H9BrClFN2.H3N/c1-7(8-2-4-9(13)5-3-8)11-10(15)6-16-12(14)17-11;/h2-7H,1H3;1H3. The monoisotopic (exact) mass is 331 g/mol. The zero-order valence-electron chi connectivity index (χ0n) is 9.70. The van der Waals surface area contributed by atoms with Crippen molar-refractivity contribution in [3.8, 4) is 0 Å². The normalized spacial score (nSPS) is 11.8. The van der Waals surface area contributed by atoms with E-state index in [4.69, 9.17) is 11.6 Å². The molecule has 0 bridgehead atoms. The van der Waals surface area contributed by atoms with E-state index in [1.807, 2.05) is 31.2 Å². The minimum Gasteiger partial charge on any atom is -0.344 e. The van der Waals surface area contributed by atoms with Crippen molar-refractivity contribution in [2.24, 2.45) is 0 Å². The highest BCUT2D eigenvalue weighted by molar-refractivity contribution is 9.10. The predicted octanol–water partition coefficient (Wildman–Crippen LogP) is 4.35. The minimum atomic E-state index is -0.440. The molecular formula is C12H12BrClFN3. The Balaban J connectivity index is 0.00000162. The Kier molecular flexibility index (Phi) is 5.19. The number of halogens is 3. The first kappa shape index (κ1) is 15.0. The third-order valence-electron chi connectivity index (χ3n) is 2.52. The third kappa shape index (κ3) is 3.25. The van der Waals surface area contributed by atoms with Crippen LogP contribution < -0.4 is 6.15 Å². The number of rotatable bonds is 2. The molecule has 1 aromatic carbocycles. The second-order valence-electron chi connectivity index (χ2n) is 3.65. The maximum Gasteiger partial charge on any atom is 0.222 e. The van der Waals surface area contributed by atoms with Gasteiger partial charge < -0.3 is 6.15 Å². The Bertz CT molecular complexity index is 533. The van der Waals surface area contributed by atoms with Crippen molar-refractivity contribution >= 4 is 27.5 Å². The lowest BCUT2D eigenvalue weighted by molar-refractivity contribution is 0.582. The molecule has 0 aliphatic rings.